The van der Waals surface area contributed by atoms with Gasteiger partial charge >= 0.3 is 0 Å². The average molecular weight is 731 g/mol. The van der Waals surface area contributed by atoms with Gasteiger partial charge in [-0.05, 0) is 80.5 Å². The molecule has 0 saturated carbocycles. The van der Waals surface area contributed by atoms with Gasteiger partial charge in [-0.3, -0.25) is 0 Å². The Morgan fingerprint density at radius 1 is 0.375 bits per heavy atom. The molecule has 12 rings (SSSR count). The number of nitrogens with zero attached hydrogens (tertiary/aromatic N) is 4. The Labute approximate surface area is 326 Å². The van der Waals surface area contributed by atoms with E-state index in [1.807, 2.05) is 30.0 Å². The SMILES string of the molecule is c1ccc(-c2nc(-c3ccc4ccccc4c3)nc(-c3ccc4c5c(cccc35)-c3cccc(-n5c6ccccc6c6cc7ccccc7cc65)c3S4)n2)cc1. The number of hydrogen-bond acceptors (Lipinski definition) is 4. The predicted molar refractivity (Wildman–Crippen MR) is 233 cm³/mol. The summed E-state index contributed by atoms with van der Waals surface area (Å²) in [6.07, 6.45) is 0. The van der Waals surface area contributed by atoms with Gasteiger partial charge in [0.25, 0.3) is 0 Å². The second-order valence-electron chi connectivity index (χ2n) is 14.4. The van der Waals surface area contributed by atoms with Crippen LogP contribution in [0.2, 0.25) is 0 Å². The first-order chi connectivity index (χ1) is 27.7. The summed E-state index contributed by atoms with van der Waals surface area (Å²) in [6.45, 7) is 0. The molecule has 0 unspecified atom stereocenters. The molecule has 56 heavy (non-hydrogen) atoms. The Morgan fingerprint density at radius 3 is 1.89 bits per heavy atom. The summed E-state index contributed by atoms with van der Waals surface area (Å²) in [6, 6.07) is 65.0. The van der Waals surface area contributed by atoms with Gasteiger partial charge in [-0.1, -0.05) is 151 Å². The molecule has 0 atom stereocenters. The van der Waals surface area contributed by atoms with Crippen LogP contribution in [0.15, 0.2) is 192 Å². The van der Waals surface area contributed by atoms with E-state index >= 15 is 0 Å². The molecule has 260 valence electrons. The molecule has 0 bridgehead atoms. The van der Waals surface area contributed by atoms with E-state index in [1.165, 1.54) is 70.0 Å². The molecule has 4 nitrogen and oxygen atoms in total. The summed E-state index contributed by atoms with van der Waals surface area (Å²) in [5.74, 6) is 1.97. The Hall–Kier alpha value is -7.08. The van der Waals surface area contributed by atoms with E-state index in [9.17, 15) is 0 Å². The molecule has 0 aliphatic carbocycles. The minimum absolute atomic E-state index is 0.655. The number of fused-ring (bicyclic) bond motifs is 7. The summed E-state index contributed by atoms with van der Waals surface area (Å²) in [4.78, 5) is 17.9. The maximum atomic E-state index is 5.20. The van der Waals surface area contributed by atoms with Gasteiger partial charge in [-0.15, -0.1) is 0 Å². The third-order valence-electron chi connectivity index (χ3n) is 11.2. The molecule has 0 saturated heterocycles. The minimum Gasteiger partial charge on any atom is -0.308 e. The van der Waals surface area contributed by atoms with Crippen molar-refractivity contribution in [2.45, 2.75) is 9.79 Å². The van der Waals surface area contributed by atoms with E-state index in [2.05, 4.69) is 168 Å². The first kappa shape index (κ1) is 31.3. The lowest BCUT2D eigenvalue weighted by Crippen LogP contribution is -2.03. The molecule has 1 aliphatic rings. The Bertz CT molecular complexity index is 3400. The Balaban J connectivity index is 1.06. The zero-order valence-corrected chi connectivity index (χ0v) is 30.8. The molecule has 3 heterocycles. The lowest BCUT2D eigenvalue weighted by atomic mass is 9.94. The van der Waals surface area contributed by atoms with E-state index in [0.29, 0.717) is 17.5 Å². The molecule has 0 fully saturated rings. The van der Waals surface area contributed by atoms with Crippen LogP contribution >= 0.6 is 11.8 Å². The quantitative estimate of drug-likeness (QED) is 0.181. The van der Waals surface area contributed by atoms with E-state index in [-0.39, 0.29) is 0 Å². The molecule has 1 aliphatic heterocycles. The van der Waals surface area contributed by atoms with Gasteiger partial charge in [0.2, 0.25) is 0 Å². The zero-order chi connectivity index (χ0) is 36.7. The molecule has 2 aromatic heterocycles. The number of benzene rings is 9. The Morgan fingerprint density at radius 2 is 1.04 bits per heavy atom. The van der Waals surface area contributed by atoms with Crippen molar-refractivity contribution in [3.63, 3.8) is 0 Å². The molecule has 5 heteroatoms. The summed E-state index contributed by atoms with van der Waals surface area (Å²) >= 11 is 1.85. The van der Waals surface area contributed by atoms with Crippen LogP contribution < -0.4 is 0 Å². The normalized spacial score (nSPS) is 12.2. The molecule has 0 spiro atoms. The maximum Gasteiger partial charge on any atom is 0.164 e. The summed E-state index contributed by atoms with van der Waals surface area (Å²) in [7, 11) is 0. The number of aromatic nitrogens is 4. The van der Waals surface area contributed by atoms with E-state index < -0.39 is 0 Å². The van der Waals surface area contributed by atoms with Gasteiger partial charge in [0.1, 0.15) is 0 Å². The minimum atomic E-state index is 0.655. The number of para-hydroxylation sites is 1. The van der Waals surface area contributed by atoms with E-state index in [1.54, 1.807) is 0 Å². The van der Waals surface area contributed by atoms with Crippen LogP contribution in [-0.2, 0) is 0 Å². The van der Waals surface area contributed by atoms with Crippen molar-refractivity contribution in [2.24, 2.45) is 0 Å². The van der Waals surface area contributed by atoms with Crippen molar-refractivity contribution < 1.29 is 0 Å². The fraction of sp³-hybridized carbons (Fsp3) is 0. The monoisotopic (exact) mass is 730 g/mol. The summed E-state index contributed by atoms with van der Waals surface area (Å²) in [5.41, 5.74) is 8.95. The summed E-state index contributed by atoms with van der Waals surface area (Å²) in [5, 5.41) is 9.70. The van der Waals surface area contributed by atoms with Crippen LogP contribution in [0, 0.1) is 0 Å². The lowest BCUT2D eigenvalue weighted by Gasteiger charge is -2.24. The van der Waals surface area contributed by atoms with Crippen LogP contribution in [0.5, 0.6) is 0 Å². The van der Waals surface area contributed by atoms with Gasteiger partial charge in [0.15, 0.2) is 17.5 Å². The van der Waals surface area contributed by atoms with Gasteiger partial charge in [0, 0.05) is 42.6 Å². The van der Waals surface area contributed by atoms with E-state index in [4.69, 9.17) is 15.0 Å². The first-order valence-corrected chi connectivity index (χ1v) is 19.7. The maximum absolute atomic E-state index is 5.20. The second-order valence-corrected chi connectivity index (χ2v) is 15.5. The van der Waals surface area contributed by atoms with Crippen LogP contribution in [-0.4, -0.2) is 19.5 Å². The molecular weight excluding hydrogens is 701 g/mol. The fourth-order valence-corrected chi connectivity index (χ4v) is 9.82. The Kier molecular flexibility index (Phi) is 6.83. The zero-order valence-electron chi connectivity index (χ0n) is 30.0. The lowest BCUT2D eigenvalue weighted by molar-refractivity contribution is 1.08. The molecule has 9 aromatic carbocycles. The van der Waals surface area contributed by atoms with Crippen LogP contribution in [0.1, 0.15) is 0 Å². The van der Waals surface area contributed by atoms with Crippen LogP contribution in [0.4, 0.5) is 0 Å². The average Bonchev–Trinajstić information content (AvgIpc) is 3.58. The van der Waals surface area contributed by atoms with Gasteiger partial charge in [-0.2, -0.15) is 0 Å². The molecule has 0 N–H and O–H groups in total. The predicted octanol–water partition coefficient (Wildman–Crippen LogP) is 13.6. The van der Waals surface area contributed by atoms with Crippen molar-refractivity contribution in [3.05, 3.63) is 182 Å². The molecular formula is C51H30N4S. The third-order valence-corrected chi connectivity index (χ3v) is 12.4. The second kappa shape index (κ2) is 12.2. The highest BCUT2D eigenvalue weighted by atomic mass is 32.2. The van der Waals surface area contributed by atoms with Gasteiger partial charge in [0.05, 0.1) is 16.7 Å². The highest BCUT2D eigenvalue weighted by molar-refractivity contribution is 8.00. The van der Waals surface area contributed by atoms with E-state index in [0.717, 1.165) is 27.5 Å². The highest BCUT2D eigenvalue weighted by Crippen LogP contribution is 2.52. The largest absolute Gasteiger partial charge is 0.308 e. The number of rotatable bonds is 4. The molecule has 0 amide bonds. The smallest absolute Gasteiger partial charge is 0.164 e. The topological polar surface area (TPSA) is 43.6 Å². The van der Waals surface area contributed by atoms with Gasteiger partial charge in [-0.25, -0.2) is 15.0 Å². The first-order valence-electron chi connectivity index (χ1n) is 18.9. The van der Waals surface area contributed by atoms with Crippen molar-refractivity contribution in [2.75, 3.05) is 0 Å². The third kappa shape index (κ3) is 4.78. The van der Waals surface area contributed by atoms with Crippen molar-refractivity contribution in [1.82, 2.24) is 19.5 Å². The highest BCUT2D eigenvalue weighted by Gasteiger charge is 2.26. The number of hydrogen-bond donors (Lipinski definition) is 0. The summed E-state index contributed by atoms with van der Waals surface area (Å²) < 4.78 is 2.46. The fourth-order valence-electron chi connectivity index (χ4n) is 8.59. The molecule has 11 aromatic rings. The van der Waals surface area contributed by atoms with Crippen molar-refractivity contribution in [1.29, 1.82) is 0 Å². The van der Waals surface area contributed by atoms with Crippen LogP contribution in [0.3, 0.4) is 0 Å². The molecule has 0 radical (unpaired) electrons. The van der Waals surface area contributed by atoms with Crippen molar-refractivity contribution in [3.8, 4) is 51.0 Å². The van der Waals surface area contributed by atoms with Gasteiger partial charge < -0.3 is 4.57 Å². The van der Waals surface area contributed by atoms with Crippen molar-refractivity contribution >= 4 is 65.9 Å². The standard InChI is InChI=1S/C51H30N4S/c1-2-13-32(14-3-1)49-52-50(36-25-24-31-12-4-5-15-33(31)28-36)54-51(53-49)41-26-27-46-47-38(19-10-20-39(41)47)40-21-11-23-44(48(40)56-46)55-43-22-9-8-18-37(43)42-29-34-16-6-7-17-35(34)30-45(42)55/h1-30H. The van der Waals surface area contributed by atoms with Crippen LogP contribution in [0.25, 0.3) is 105 Å².